The van der Waals surface area contributed by atoms with Crippen molar-refractivity contribution in [2.45, 2.75) is 24.8 Å². The maximum atomic E-state index is 5.82. The SMILES string of the molecule is CC(C)NCCSc1cc[c]c(Cl)c1. The van der Waals surface area contributed by atoms with Crippen LogP contribution in [0.25, 0.3) is 0 Å². The fraction of sp³-hybridized carbons (Fsp3) is 0.455. The third-order valence-electron chi connectivity index (χ3n) is 1.66. The minimum atomic E-state index is 0.559. The molecule has 14 heavy (non-hydrogen) atoms. The summed E-state index contributed by atoms with van der Waals surface area (Å²) in [6, 6.07) is 9.32. The van der Waals surface area contributed by atoms with Crippen molar-refractivity contribution in [2.24, 2.45) is 0 Å². The Kier molecular flexibility index (Phi) is 5.38. The molecule has 1 rings (SSSR count). The van der Waals surface area contributed by atoms with Gasteiger partial charge >= 0.3 is 0 Å². The summed E-state index contributed by atoms with van der Waals surface area (Å²) in [5.74, 6) is 1.07. The molecular formula is C11H15ClNS. The standard InChI is InChI=1S/C11H15ClNS/c1-9(2)13-6-7-14-11-5-3-4-10(12)8-11/h3,5,8-9,13H,6-7H2,1-2H3. The molecule has 0 aliphatic rings. The number of nitrogens with one attached hydrogen (secondary N) is 1. The van der Waals surface area contributed by atoms with Crippen molar-refractivity contribution in [1.82, 2.24) is 5.32 Å². The number of rotatable bonds is 5. The van der Waals surface area contributed by atoms with Gasteiger partial charge in [0, 0.05) is 34.3 Å². The van der Waals surface area contributed by atoms with Crippen LogP contribution in [0.3, 0.4) is 0 Å². The maximum Gasteiger partial charge on any atom is 0.0496 e. The Balaban J connectivity index is 2.25. The Hall–Kier alpha value is -0.180. The summed E-state index contributed by atoms with van der Waals surface area (Å²) in [6.45, 7) is 5.33. The number of halogens is 1. The molecule has 0 fully saturated rings. The van der Waals surface area contributed by atoms with Crippen LogP contribution in [0.1, 0.15) is 13.8 Å². The molecule has 77 valence electrons. The van der Waals surface area contributed by atoms with Crippen LogP contribution in [-0.4, -0.2) is 18.3 Å². The largest absolute Gasteiger partial charge is 0.314 e. The molecule has 0 atom stereocenters. The van der Waals surface area contributed by atoms with E-state index in [-0.39, 0.29) is 0 Å². The molecule has 0 saturated heterocycles. The fourth-order valence-corrected chi connectivity index (χ4v) is 2.09. The summed E-state index contributed by atoms with van der Waals surface area (Å²) >= 11 is 7.63. The van der Waals surface area contributed by atoms with E-state index in [4.69, 9.17) is 11.6 Å². The van der Waals surface area contributed by atoms with E-state index in [1.54, 1.807) is 0 Å². The molecule has 0 aliphatic carbocycles. The van der Waals surface area contributed by atoms with Crippen LogP contribution in [0.15, 0.2) is 23.1 Å². The van der Waals surface area contributed by atoms with Crippen molar-refractivity contribution in [3.8, 4) is 0 Å². The van der Waals surface area contributed by atoms with Crippen LogP contribution in [0.2, 0.25) is 5.02 Å². The van der Waals surface area contributed by atoms with E-state index >= 15 is 0 Å². The lowest BCUT2D eigenvalue weighted by Crippen LogP contribution is -2.24. The molecule has 0 aliphatic heterocycles. The Labute approximate surface area is 95.2 Å². The van der Waals surface area contributed by atoms with Gasteiger partial charge in [0.2, 0.25) is 0 Å². The Morgan fingerprint density at radius 3 is 3.00 bits per heavy atom. The lowest BCUT2D eigenvalue weighted by Gasteiger charge is -2.07. The first-order chi connectivity index (χ1) is 6.68. The van der Waals surface area contributed by atoms with Gasteiger partial charge in [0.1, 0.15) is 0 Å². The van der Waals surface area contributed by atoms with Crippen molar-refractivity contribution < 1.29 is 0 Å². The number of benzene rings is 1. The molecule has 0 saturated carbocycles. The van der Waals surface area contributed by atoms with Crippen molar-refractivity contribution >= 4 is 23.4 Å². The summed E-state index contributed by atoms with van der Waals surface area (Å²) in [5, 5.41) is 4.06. The lowest BCUT2D eigenvalue weighted by molar-refractivity contribution is 0.616. The monoisotopic (exact) mass is 228 g/mol. The molecule has 0 heterocycles. The lowest BCUT2D eigenvalue weighted by atomic mass is 10.4. The molecule has 0 bridgehead atoms. The van der Waals surface area contributed by atoms with Gasteiger partial charge in [-0.05, 0) is 12.1 Å². The molecule has 0 unspecified atom stereocenters. The van der Waals surface area contributed by atoms with Gasteiger partial charge in [0.25, 0.3) is 0 Å². The summed E-state index contributed by atoms with van der Waals surface area (Å²) in [7, 11) is 0. The molecule has 0 aromatic heterocycles. The number of hydrogen-bond donors (Lipinski definition) is 1. The molecule has 1 aromatic rings. The van der Waals surface area contributed by atoms with Crippen LogP contribution in [0.4, 0.5) is 0 Å². The van der Waals surface area contributed by atoms with Gasteiger partial charge in [0.15, 0.2) is 0 Å². The highest BCUT2D eigenvalue weighted by Crippen LogP contribution is 2.20. The van der Waals surface area contributed by atoms with E-state index in [2.05, 4.69) is 25.2 Å². The quantitative estimate of drug-likeness (QED) is 0.614. The molecule has 1 radical (unpaired) electrons. The van der Waals surface area contributed by atoms with E-state index in [1.807, 2.05) is 30.0 Å². The second-order valence-electron chi connectivity index (χ2n) is 3.33. The zero-order valence-electron chi connectivity index (χ0n) is 8.51. The van der Waals surface area contributed by atoms with Crippen molar-refractivity contribution in [1.29, 1.82) is 0 Å². The first-order valence-corrected chi connectivity index (χ1v) is 6.08. The minimum absolute atomic E-state index is 0.559. The van der Waals surface area contributed by atoms with Crippen molar-refractivity contribution in [3.63, 3.8) is 0 Å². The summed E-state index contributed by atoms with van der Waals surface area (Å²) in [6.07, 6.45) is 0. The molecule has 1 N–H and O–H groups in total. The Morgan fingerprint density at radius 2 is 2.36 bits per heavy atom. The molecule has 1 aromatic carbocycles. The van der Waals surface area contributed by atoms with E-state index in [0.717, 1.165) is 12.3 Å². The van der Waals surface area contributed by atoms with E-state index in [1.165, 1.54) is 4.90 Å². The molecule has 0 spiro atoms. The summed E-state index contributed by atoms with van der Waals surface area (Å²) < 4.78 is 0. The van der Waals surface area contributed by atoms with Gasteiger partial charge in [-0.2, -0.15) is 0 Å². The number of thioether (sulfide) groups is 1. The smallest absolute Gasteiger partial charge is 0.0496 e. The van der Waals surface area contributed by atoms with Crippen molar-refractivity contribution in [2.75, 3.05) is 12.3 Å². The highest BCUT2D eigenvalue weighted by Gasteiger charge is 1.96. The van der Waals surface area contributed by atoms with Gasteiger partial charge in [-0.3, -0.25) is 0 Å². The van der Waals surface area contributed by atoms with E-state index in [9.17, 15) is 0 Å². The van der Waals surface area contributed by atoms with Crippen LogP contribution in [0, 0.1) is 6.07 Å². The zero-order chi connectivity index (χ0) is 10.4. The van der Waals surface area contributed by atoms with Crippen LogP contribution >= 0.6 is 23.4 Å². The minimum Gasteiger partial charge on any atom is -0.314 e. The van der Waals surface area contributed by atoms with Gasteiger partial charge in [-0.25, -0.2) is 0 Å². The van der Waals surface area contributed by atoms with Gasteiger partial charge < -0.3 is 5.32 Å². The third-order valence-corrected chi connectivity index (χ3v) is 2.87. The van der Waals surface area contributed by atoms with Crippen LogP contribution < -0.4 is 5.32 Å². The molecule has 3 heteroatoms. The normalized spacial score (nSPS) is 10.9. The average molecular weight is 229 g/mol. The zero-order valence-corrected chi connectivity index (χ0v) is 10.1. The summed E-state index contributed by atoms with van der Waals surface area (Å²) in [5.41, 5.74) is 0. The van der Waals surface area contributed by atoms with Gasteiger partial charge in [-0.15, -0.1) is 11.8 Å². The first-order valence-electron chi connectivity index (χ1n) is 4.72. The third kappa shape index (κ3) is 4.89. The fourth-order valence-electron chi connectivity index (χ4n) is 1.02. The average Bonchev–Trinajstić information content (AvgIpc) is 2.12. The topological polar surface area (TPSA) is 12.0 Å². The van der Waals surface area contributed by atoms with E-state index in [0.29, 0.717) is 11.1 Å². The highest BCUT2D eigenvalue weighted by molar-refractivity contribution is 7.99. The highest BCUT2D eigenvalue weighted by atomic mass is 35.5. The van der Waals surface area contributed by atoms with Gasteiger partial charge in [-0.1, -0.05) is 31.5 Å². The van der Waals surface area contributed by atoms with Crippen LogP contribution in [-0.2, 0) is 0 Å². The number of hydrogen-bond acceptors (Lipinski definition) is 2. The second-order valence-corrected chi connectivity index (χ2v) is 4.91. The van der Waals surface area contributed by atoms with Crippen molar-refractivity contribution in [3.05, 3.63) is 29.3 Å². The maximum absolute atomic E-state index is 5.82. The summed E-state index contributed by atoms with van der Waals surface area (Å²) in [4.78, 5) is 1.21. The Morgan fingerprint density at radius 1 is 1.57 bits per heavy atom. The predicted octanol–water partition coefficient (Wildman–Crippen LogP) is 3.23. The molecular weight excluding hydrogens is 214 g/mol. The second kappa shape index (κ2) is 6.33. The molecule has 1 nitrogen and oxygen atoms in total. The van der Waals surface area contributed by atoms with Gasteiger partial charge in [0.05, 0.1) is 0 Å². The predicted molar refractivity (Wildman–Crippen MR) is 64.2 cm³/mol. The van der Waals surface area contributed by atoms with Crippen LogP contribution in [0.5, 0.6) is 0 Å². The molecule has 0 amide bonds. The van der Waals surface area contributed by atoms with E-state index < -0.39 is 0 Å². The first kappa shape index (κ1) is 11.9. The Bertz CT molecular complexity index is 276.